The molecule has 0 bridgehead atoms. The van der Waals surface area contributed by atoms with Gasteiger partial charge in [0.1, 0.15) is 0 Å². The summed E-state index contributed by atoms with van der Waals surface area (Å²) in [5.41, 5.74) is 10.8. The van der Waals surface area contributed by atoms with Crippen LogP contribution in [0.15, 0.2) is 36.5 Å². The van der Waals surface area contributed by atoms with Crippen molar-refractivity contribution < 1.29 is 4.79 Å². The first-order valence-corrected chi connectivity index (χ1v) is 7.25. The third kappa shape index (κ3) is 2.13. The first-order chi connectivity index (χ1) is 9.92. The van der Waals surface area contributed by atoms with Gasteiger partial charge < -0.3 is 5.73 Å². The molecular formula is C18H20N2O. The summed E-state index contributed by atoms with van der Waals surface area (Å²) in [6.07, 6.45) is 2.66. The highest BCUT2D eigenvalue weighted by Crippen LogP contribution is 2.51. The largest absolute Gasteiger partial charge is 0.366 e. The van der Waals surface area contributed by atoms with Crippen LogP contribution in [0.4, 0.5) is 0 Å². The maximum Gasteiger partial charge on any atom is 0.249 e. The molecule has 1 aliphatic carbocycles. The van der Waals surface area contributed by atoms with Crippen LogP contribution in [0.2, 0.25) is 0 Å². The molecule has 3 rings (SSSR count). The number of hydrogen-bond donors (Lipinski definition) is 1. The Kier molecular flexibility index (Phi) is 3.08. The number of nitrogens with two attached hydrogens (primary N) is 1. The minimum absolute atomic E-state index is 0.0433. The van der Waals surface area contributed by atoms with Gasteiger partial charge in [0.05, 0.1) is 0 Å². The molecule has 0 saturated heterocycles. The van der Waals surface area contributed by atoms with E-state index in [0.717, 1.165) is 17.7 Å². The van der Waals surface area contributed by atoms with Gasteiger partial charge in [-0.05, 0) is 41.5 Å². The minimum atomic E-state index is -0.379. The van der Waals surface area contributed by atoms with Crippen molar-refractivity contribution in [3.8, 4) is 0 Å². The number of benzene rings is 1. The summed E-state index contributed by atoms with van der Waals surface area (Å²) in [6.45, 7) is 6.45. The Labute approximate surface area is 125 Å². The number of amides is 1. The van der Waals surface area contributed by atoms with Crippen LogP contribution in [0.1, 0.15) is 52.5 Å². The van der Waals surface area contributed by atoms with Crippen molar-refractivity contribution in [3.05, 3.63) is 64.5 Å². The molecule has 1 atom stereocenters. The van der Waals surface area contributed by atoms with Gasteiger partial charge in [-0.3, -0.25) is 9.78 Å². The summed E-state index contributed by atoms with van der Waals surface area (Å²) in [5, 5.41) is 0. The van der Waals surface area contributed by atoms with E-state index in [0.29, 0.717) is 5.56 Å². The Bertz CT molecular complexity index is 719. The molecule has 1 heterocycles. The van der Waals surface area contributed by atoms with Gasteiger partial charge in [0, 0.05) is 23.4 Å². The third-order valence-corrected chi connectivity index (χ3v) is 4.54. The normalized spacial score (nSPS) is 19.3. The molecule has 21 heavy (non-hydrogen) atoms. The van der Waals surface area contributed by atoms with Gasteiger partial charge in [-0.25, -0.2) is 0 Å². The molecular weight excluding hydrogens is 260 g/mol. The number of hydrogen-bond acceptors (Lipinski definition) is 2. The Hall–Kier alpha value is -2.16. The van der Waals surface area contributed by atoms with E-state index in [1.807, 2.05) is 6.92 Å². The van der Waals surface area contributed by atoms with E-state index < -0.39 is 0 Å². The fourth-order valence-electron chi connectivity index (χ4n) is 3.69. The highest BCUT2D eigenvalue weighted by Gasteiger charge is 2.41. The van der Waals surface area contributed by atoms with Crippen molar-refractivity contribution in [2.75, 3.05) is 0 Å². The van der Waals surface area contributed by atoms with Gasteiger partial charge in [-0.2, -0.15) is 0 Å². The van der Waals surface area contributed by atoms with Gasteiger partial charge in [0.15, 0.2) is 0 Å². The van der Waals surface area contributed by atoms with Crippen molar-refractivity contribution in [2.45, 2.75) is 33.1 Å². The van der Waals surface area contributed by atoms with Crippen LogP contribution in [0.5, 0.6) is 0 Å². The second kappa shape index (κ2) is 4.69. The van der Waals surface area contributed by atoms with E-state index >= 15 is 0 Å². The molecule has 0 spiro atoms. The topological polar surface area (TPSA) is 56.0 Å². The van der Waals surface area contributed by atoms with E-state index in [1.165, 1.54) is 11.1 Å². The van der Waals surface area contributed by atoms with Gasteiger partial charge in [0.2, 0.25) is 5.91 Å². The second-order valence-corrected chi connectivity index (χ2v) is 6.52. The molecule has 2 aromatic rings. The van der Waals surface area contributed by atoms with Crippen molar-refractivity contribution in [2.24, 2.45) is 11.1 Å². The Balaban J connectivity index is 2.27. The predicted octanol–water partition coefficient (Wildman–Crippen LogP) is 3.20. The molecule has 0 saturated carbocycles. The first-order valence-electron chi connectivity index (χ1n) is 7.25. The molecule has 2 N–H and O–H groups in total. The maximum absolute atomic E-state index is 11.8. The van der Waals surface area contributed by atoms with Gasteiger partial charge >= 0.3 is 0 Å². The lowest BCUT2D eigenvalue weighted by Crippen LogP contribution is -2.24. The molecule has 0 radical (unpaired) electrons. The van der Waals surface area contributed by atoms with Crippen molar-refractivity contribution in [1.82, 2.24) is 4.98 Å². The Morgan fingerprint density at radius 2 is 2.00 bits per heavy atom. The van der Waals surface area contributed by atoms with Crippen LogP contribution in [-0.4, -0.2) is 10.9 Å². The van der Waals surface area contributed by atoms with Gasteiger partial charge in [-0.1, -0.05) is 38.1 Å². The predicted molar refractivity (Wildman–Crippen MR) is 83.3 cm³/mol. The Morgan fingerprint density at radius 1 is 1.29 bits per heavy atom. The zero-order chi connectivity index (χ0) is 15.2. The van der Waals surface area contributed by atoms with E-state index in [1.54, 1.807) is 12.3 Å². The fourth-order valence-corrected chi connectivity index (χ4v) is 3.69. The molecule has 0 fully saturated rings. The number of carbonyl (C=O) groups excluding carboxylic acids is 1. The fraction of sp³-hybridized carbons (Fsp3) is 0.333. The average Bonchev–Trinajstić information content (AvgIpc) is 2.68. The summed E-state index contributed by atoms with van der Waals surface area (Å²) in [5.74, 6) is -0.222. The number of rotatable bonds is 2. The lowest BCUT2D eigenvalue weighted by molar-refractivity contribution is 0.0998. The molecule has 108 valence electrons. The third-order valence-electron chi connectivity index (χ3n) is 4.54. The van der Waals surface area contributed by atoms with Crippen LogP contribution in [-0.2, 0) is 6.42 Å². The summed E-state index contributed by atoms with van der Waals surface area (Å²) in [7, 11) is 0. The van der Waals surface area contributed by atoms with Crippen molar-refractivity contribution in [1.29, 1.82) is 0 Å². The molecule has 0 aliphatic heterocycles. The number of primary amides is 1. The monoisotopic (exact) mass is 280 g/mol. The summed E-state index contributed by atoms with van der Waals surface area (Å²) in [6, 6.07) is 10.2. The lowest BCUT2D eigenvalue weighted by atomic mass is 9.74. The van der Waals surface area contributed by atoms with Crippen LogP contribution in [0.3, 0.4) is 0 Å². The summed E-state index contributed by atoms with van der Waals surface area (Å²) in [4.78, 5) is 16.2. The molecule has 1 aliphatic rings. The van der Waals surface area contributed by atoms with Gasteiger partial charge in [0.25, 0.3) is 0 Å². The lowest BCUT2D eigenvalue weighted by Gasteiger charge is -2.30. The number of carbonyl (C=O) groups is 1. The van der Waals surface area contributed by atoms with E-state index in [9.17, 15) is 4.79 Å². The van der Waals surface area contributed by atoms with E-state index in [-0.39, 0.29) is 17.2 Å². The number of aromatic nitrogens is 1. The first kappa shape index (κ1) is 13.8. The van der Waals surface area contributed by atoms with E-state index in [2.05, 4.69) is 43.1 Å². The molecule has 3 heteroatoms. The van der Waals surface area contributed by atoms with Crippen molar-refractivity contribution >= 4 is 5.91 Å². The number of aryl methyl sites for hydroxylation is 1. The zero-order valence-corrected chi connectivity index (χ0v) is 12.7. The highest BCUT2D eigenvalue weighted by molar-refractivity contribution is 5.95. The Morgan fingerprint density at radius 3 is 2.71 bits per heavy atom. The molecule has 1 amide bonds. The summed E-state index contributed by atoms with van der Waals surface area (Å²) >= 11 is 0. The molecule has 1 aromatic heterocycles. The zero-order valence-electron chi connectivity index (χ0n) is 12.7. The second-order valence-electron chi connectivity index (χ2n) is 6.52. The minimum Gasteiger partial charge on any atom is -0.366 e. The standard InChI is InChI=1S/C18H20N2O/c1-11-15(14(17(19)21)8-9-20-11)16-13-7-5-4-6-12(13)10-18(16,2)3/h4-9,16H,10H2,1-3H3,(H2,19,21). The smallest absolute Gasteiger partial charge is 0.249 e. The molecule has 1 unspecified atom stereocenters. The average molecular weight is 280 g/mol. The number of fused-ring (bicyclic) bond motifs is 1. The quantitative estimate of drug-likeness (QED) is 0.918. The van der Waals surface area contributed by atoms with Crippen molar-refractivity contribution in [3.63, 3.8) is 0 Å². The number of nitrogens with zero attached hydrogens (tertiary/aromatic N) is 1. The maximum atomic E-state index is 11.8. The molecule has 1 aromatic carbocycles. The van der Waals surface area contributed by atoms with Crippen LogP contribution in [0, 0.1) is 12.3 Å². The van der Waals surface area contributed by atoms with Crippen LogP contribution >= 0.6 is 0 Å². The summed E-state index contributed by atoms with van der Waals surface area (Å²) < 4.78 is 0. The van der Waals surface area contributed by atoms with Crippen LogP contribution < -0.4 is 5.73 Å². The van der Waals surface area contributed by atoms with Gasteiger partial charge in [-0.15, -0.1) is 0 Å². The highest BCUT2D eigenvalue weighted by atomic mass is 16.1. The molecule has 3 nitrogen and oxygen atoms in total. The SMILES string of the molecule is Cc1nccc(C(N)=O)c1C1c2ccccc2CC1(C)C. The number of pyridine rings is 1. The van der Waals surface area contributed by atoms with Crippen LogP contribution in [0.25, 0.3) is 0 Å². The van der Waals surface area contributed by atoms with E-state index in [4.69, 9.17) is 5.73 Å².